The first-order valence-corrected chi connectivity index (χ1v) is 18.4. The number of aromatic nitrogens is 4. The van der Waals surface area contributed by atoms with Gasteiger partial charge in [0, 0.05) is 42.8 Å². The van der Waals surface area contributed by atoms with Crippen LogP contribution in [0.15, 0.2) is 161 Å². The molecule has 0 bridgehead atoms. The fraction of sp³-hybridized carbons (Fsp3) is 0.0652. The number of fused-ring (bicyclic) bond motifs is 7. The van der Waals surface area contributed by atoms with Crippen LogP contribution in [0.4, 0.5) is 17.1 Å². The molecule has 6 heteroatoms. The topological polar surface area (TPSA) is 46.8 Å². The zero-order valence-corrected chi connectivity index (χ0v) is 29.4. The maximum absolute atomic E-state index is 5.45. The molecule has 9 aromatic rings. The summed E-state index contributed by atoms with van der Waals surface area (Å²) >= 11 is 1.77. The molecule has 2 aliphatic heterocycles. The second kappa shape index (κ2) is 10.9. The lowest BCUT2D eigenvalue weighted by molar-refractivity contribution is 0.632. The molecule has 0 saturated heterocycles. The molecule has 0 saturated carbocycles. The van der Waals surface area contributed by atoms with Crippen LogP contribution in [-0.2, 0) is 5.41 Å². The summed E-state index contributed by atoms with van der Waals surface area (Å²) in [5, 5.41) is 3.32. The van der Waals surface area contributed by atoms with Gasteiger partial charge in [0.05, 0.1) is 39.2 Å². The summed E-state index contributed by atoms with van der Waals surface area (Å²) in [5.74, 6) is 0.618. The highest BCUT2D eigenvalue weighted by atomic mass is 32.2. The Morgan fingerprint density at radius 1 is 0.558 bits per heavy atom. The maximum atomic E-state index is 5.45. The normalized spacial score (nSPS) is 14.0. The Morgan fingerprint density at radius 2 is 1.29 bits per heavy atom. The van der Waals surface area contributed by atoms with Crippen molar-refractivity contribution in [1.82, 2.24) is 19.5 Å². The summed E-state index contributed by atoms with van der Waals surface area (Å²) in [7, 11) is 0. The molecule has 6 aromatic carbocycles. The monoisotopic (exact) mass is 685 g/mol. The summed E-state index contributed by atoms with van der Waals surface area (Å²) in [6, 6.07) is 54.0. The third kappa shape index (κ3) is 4.16. The van der Waals surface area contributed by atoms with Crippen molar-refractivity contribution in [2.24, 2.45) is 0 Å². The van der Waals surface area contributed by atoms with Crippen LogP contribution in [0.1, 0.15) is 25.0 Å². The Bertz CT molecular complexity index is 2910. The summed E-state index contributed by atoms with van der Waals surface area (Å²) < 4.78 is 2.26. The first-order valence-electron chi connectivity index (χ1n) is 17.6. The second-order valence-electron chi connectivity index (χ2n) is 14.1. The molecule has 0 aliphatic carbocycles. The van der Waals surface area contributed by atoms with Crippen molar-refractivity contribution in [3.63, 3.8) is 0 Å². The molecule has 0 unspecified atom stereocenters. The van der Waals surface area contributed by atoms with E-state index in [4.69, 9.17) is 15.0 Å². The predicted octanol–water partition coefficient (Wildman–Crippen LogP) is 12.0. The highest BCUT2D eigenvalue weighted by Crippen LogP contribution is 2.54. The number of hydrogen-bond donors (Lipinski definition) is 0. The highest BCUT2D eigenvalue weighted by molar-refractivity contribution is 7.99. The third-order valence-corrected chi connectivity index (χ3v) is 11.9. The van der Waals surface area contributed by atoms with Gasteiger partial charge in [0.2, 0.25) is 5.95 Å². The molecule has 3 aromatic heterocycles. The van der Waals surface area contributed by atoms with E-state index < -0.39 is 0 Å². The van der Waals surface area contributed by atoms with E-state index in [9.17, 15) is 0 Å². The molecule has 0 radical (unpaired) electrons. The predicted molar refractivity (Wildman–Crippen MR) is 213 cm³/mol. The van der Waals surface area contributed by atoms with Gasteiger partial charge in [-0.05, 0) is 59.7 Å². The summed E-state index contributed by atoms with van der Waals surface area (Å²) in [4.78, 5) is 20.8. The molecule has 0 N–H and O–H groups in total. The number of para-hydroxylation sites is 3. The van der Waals surface area contributed by atoms with Gasteiger partial charge < -0.3 is 4.90 Å². The van der Waals surface area contributed by atoms with Crippen LogP contribution in [0.25, 0.3) is 61.3 Å². The smallest absolute Gasteiger partial charge is 0.237 e. The number of hydrogen-bond acceptors (Lipinski definition) is 5. The largest absolute Gasteiger partial charge is 0.310 e. The van der Waals surface area contributed by atoms with E-state index in [1.165, 1.54) is 27.4 Å². The van der Waals surface area contributed by atoms with E-state index >= 15 is 0 Å². The SMILES string of the molecule is CC1(C)c2ccccc2N(c2ccccc2)c2cc3c4ccccc4n(-c4nc5c6c(cc(-c7ccccc7)nc6n4)Sc4ccccc4-5)c3cc21. The third-order valence-electron chi connectivity index (χ3n) is 10.8. The summed E-state index contributed by atoms with van der Waals surface area (Å²) in [5.41, 5.74) is 12.6. The van der Waals surface area contributed by atoms with Crippen LogP contribution in [0.2, 0.25) is 0 Å². The van der Waals surface area contributed by atoms with Crippen LogP contribution >= 0.6 is 11.8 Å². The van der Waals surface area contributed by atoms with Crippen molar-refractivity contribution < 1.29 is 0 Å². The van der Waals surface area contributed by atoms with Crippen LogP contribution in [-0.4, -0.2) is 19.5 Å². The van der Waals surface area contributed by atoms with Gasteiger partial charge in [-0.15, -0.1) is 0 Å². The lowest BCUT2D eigenvalue weighted by Crippen LogP contribution is -2.30. The average molecular weight is 686 g/mol. The number of nitrogens with zero attached hydrogens (tertiary/aromatic N) is 5. The van der Waals surface area contributed by atoms with E-state index in [1.807, 2.05) is 6.07 Å². The van der Waals surface area contributed by atoms with E-state index in [0.29, 0.717) is 11.6 Å². The van der Waals surface area contributed by atoms with Crippen LogP contribution in [0.3, 0.4) is 0 Å². The lowest BCUT2D eigenvalue weighted by Gasteiger charge is -2.42. The first kappa shape index (κ1) is 29.5. The van der Waals surface area contributed by atoms with Gasteiger partial charge in [-0.2, -0.15) is 4.98 Å². The molecule has 246 valence electrons. The van der Waals surface area contributed by atoms with Gasteiger partial charge in [-0.3, -0.25) is 4.57 Å². The van der Waals surface area contributed by atoms with Crippen molar-refractivity contribution in [2.75, 3.05) is 4.90 Å². The zero-order chi connectivity index (χ0) is 34.6. The molecule has 2 aliphatic rings. The Hall–Kier alpha value is -6.24. The molecule has 0 spiro atoms. The van der Waals surface area contributed by atoms with E-state index in [0.717, 1.165) is 60.3 Å². The molecular formula is C46H31N5S. The van der Waals surface area contributed by atoms with Crippen molar-refractivity contribution in [2.45, 2.75) is 29.1 Å². The fourth-order valence-corrected chi connectivity index (χ4v) is 9.44. The minimum absolute atomic E-state index is 0.264. The minimum Gasteiger partial charge on any atom is -0.310 e. The average Bonchev–Trinajstić information content (AvgIpc) is 3.51. The standard InChI is InChI=1S/C46H31N5S/c1-46(2)33-21-11-13-23-37(33)50(29-17-7-4-8-18-29)39-25-32-30-19-9-12-22-36(30)51(38(32)26-34(39)46)45-48-43-31-20-10-14-24-40(31)52-41-27-35(28-15-5-3-6-16-28)47-44(49-45)42(41)43/h3-27H,1-2H3. The summed E-state index contributed by atoms with van der Waals surface area (Å²) in [6.07, 6.45) is 0. The van der Waals surface area contributed by atoms with Crippen molar-refractivity contribution in [3.05, 3.63) is 163 Å². The molecule has 0 atom stereocenters. The van der Waals surface area contributed by atoms with E-state index in [1.54, 1.807) is 11.8 Å². The zero-order valence-electron chi connectivity index (χ0n) is 28.6. The van der Waals surface area contributed by atoms with Gasteiger partial charge in [0.1, 0.15) is 0 Å². The summed E-state index contributed by atoms with van der Waals surface area (Å²) in [6.45, 7) is 4.68. The Morgan fingerprint density at radius 3 is 2.15 bits per heavy atom. The Labute approximate surface area is 305 Å². The van der Waals surface area contributed by atoms with Crippen LogP contribution < -0.4 is 4.90 Å². The molecule has 11 rings (SSSR count). The van der Waals surface area contributed by atoms with E-state index in [-0.39, 0.29) is 5.41 Å². The van der Waals surface area contributed by atoms with Crippen LogP contribution in [0.5, 0.6) is 0 Å². The van der Waals surface area contributed by atoms with Gasteiger partial charge in [-0.1, -0.05) is 129 Å². The number of rotatable bonds is 3. The molecule has 0 amide bonds. The molecule has 0 fully saturated rings. The Kier molecular flexibility index (Phi) is 6.17. The second-order valence-corrected chi connectivity index (χ2v) is 15.2. The highest BCUT2D eigenvalue weighted by Gasteiger charge is 2.38. The molecule has 52 heavy (non-hydrogen) atoms. The minimum atomic E-state index is -0.264. The quantitative estimate of drug-likeness (QED) is 0.185. The number of benzene rings is 6. The maximum Gasteiger partial charge on any atom is 0.237 e. The van der Waals surface area contributed by atoms with E-state index in [2.05, 4.69) is 169 Å². The van der Waals surface area contributed by atoms with Gasteiger partial charge in [0.15, 0.2) is 5.65 Å². The van der Waals surface area contributed by atoms with Crippen molar-refractivity contribution >= 4 is 61.7 Å². The lowest BCUT2D eigenvalue weighted by atomic mass is 9.73. The van der Waals surface area contributed by atoms with Gasteiger partial charge in [0.25, 0.3) is 0 Å². The van der Waals surface area contributed by atoms with Crippen LogP contribution in [0, 0.1) is 0 Å². The fourth-order valence-electron chi connectivity index (χ4n) is 8.32. The molecular weight excluding hydrogens is 655 g/mol. The number of pyridine rings is 1. The Balaban J connectivity index is 1.23. The first-order chi connectivity index (χ1) is 25.5. The number of anilines is 3. The molecule has 5 nitrogen and oxygen atoms in total. The van der Waals surface area contributed by atoms with Crippen molar-refractivity contribution in [3.8, 4) is 28.5 Å². The molecule has 5 heterocycles. The van der Waals surface area contributed by atoms with Crippen molar-refractivity contribution in [1.29, 1.82) is 0 Å². The van der Waals surface area contributed by atoms with Gasteiger partial charge >= 0.3 is 0 Å². The van der Waals surface area contributed by atoms with Gasteiger partial charge in [-0.25, -0.2) is 9.97 Å².